The number of rotatable bonds is 0. The lowest BCUT2D eigenvalue weighted by Gasteiger charge is -2.18. The predicted octanol–water partition coefficient (Wildman–Crippen LogP) is 2.38. The van der Waals surface area contributed by atoms with Gasteiger partial charge >= 0.3 is 0 Å². The second kappa shape index (κ2) is 2.13. The summed E-state index contributed by atoms with van der Waals surface area (Å²) in [5.74, 6) is 1.52. The van der Waals surface area contributed by atoms with E-state index in [1.54, 1.807) is 0 Å². The van der Waals surface area contributed by atoms with E-state index in [4.69, 9.17) is 0 Å². The molecule has 0 bridgehead atoms. The molecule has 0 atom stereocenters. The third-order valence-corrected chi connectivity index (χ3v) is 3.92. The molecule has 0 aromatic heterocycles. The van der Waals surface area contributed by atoms with Crippen LogP contribution in [0.25, 0.3) is 0 Å². The molecule has 0 spiro atoms. The molecule has 0 N–H and O–H groups in total. The summed E-state index contributed by atoms with van der Waals surface area (Å²) in [6.07, 6.45) is 1.76. The van der Waals surface area contributed by atoms with E-state index in [-0.39, 0.29) is 5.41 Å². The Hall–Kier alpha value is -0.240. The van der Waals surface area contributed by atoms with E-state index in [9.17, 15) is 4.79 Å². The number of thioether (sulfide) groups is 1. The zero-order valence-electron chi connectivity index (χ0n) is 6.94. The lowest BCUT2D eigenvalue weighted by Crippen LogP contribution is -2.10. The van der Waals surface area contributed by atoms with Gasteiger partial charge in [-0.3, -0.25) is 4.79 Å². The normalized spacial score (nSPS) is 28.0. The summed E-state index contributed by atoms with van der Waals surface area (Å²) in [5, 5.41) is 0. The summed E-state index contributed by atoms with van der Waals surface area (Å²) in [6.45, 7) is 4.34. The van der Waals surface area contributed by atoms with Crippen molar-refractivity contribution in [2.75, 3.05) is 5.75 Å². The zero-order valence-corrected chi connectivity index (χ0v) is 7.75. The summed E-state index contributed by atoms with van der Waals surface area (Å²) < 4.78 is 0. The van der Waals surface area contributed by atoms with Gasteiger partial charge in [-0.05, 0) is 11.3 Å². The summed E-state index contributed by atoms with van der Waals surface area (Å²) in [6, 6.07) is 0. The molecule has 0 saturated carbocycles. The summed E-state index contributed by atoms with van der Waals surface area (Å²) in [7, 11) is 0. The fourth-order valence-corrected chi connectivity index (χ4v) is 3.28. The number of Topliss-reactive ketones (excluding diaryl/α,β-unsaturated/α-hetero) is 1. The van der Waals surface area contributed by atoms with Gasteiger partial charge in [0.25, 0.3) is 0 Å². The van der Waals surface area contributed by atoms with E-state index in [1.807, 2.05) is 11.8 Å². The van der Waals surface area contributed by atoms with Crippen molar-refractivity contribution in [2.24, 2.45) is 5.41 Å². The summed E-state index contributed by atoms with van der Waals surface area (Å²) in [4.78, 5) is 12.8. The third-order valence-electron chi connectivity index (χ3n) is 2.43. The molecule has 0 aromatic rings. The first-order valence-corrected chi connectivity index (χ1v) is 4.99. The molecule has 2 rings (SSSR count). The molecule has 0 amide bonds. The molecule has 60 valence electrons. The molecule has 0 fully saturated rings. The van der Waals surface area contributed by atoms with E-state index >= 15 is 0 Å². The molecule has 0 saturated heterocycles. The number of hydrogen-bond donors (Lipinski definition) is 0. The predicted molar refractivity (Wildman–Crippen MR) is 47.5 cm³/mol. The molecular formula is C9H12OS. The topological polar surface area (TPSA) is 17.1 Å². The summed E-state index contributed by atoms with van der Waals surface area (Å²) in [5.41, 5.74) is 1.30. The van der Waals surface area contributed by atoms with E-state index in [2.05, 4.69) is 13.8 Å². The lowest BCUT2D eigenvalue weighted by molar-refractivity contribution is -0.115. The minimum atomic E-state index is 0.160. The van der Waals surface area contributed by atoms with Gasteiger partial charge in [0.2, 0.25) is 0 Å². The van der Waals surface area contributed by atoms with Crippen LogP contribution in [0.1, 0.15) is 26.7 Å². The Morgan fingerprint density at radius 3 is 2.82 bits per heavy atom. The minimum Gasteiger partial charge on any atom is -0.294 e. The van der Waals surface area contributed by atoms with Gasteiger partial charge in [0.05, 0.1) is 0 Å². The molecule has 0 radical (unpaired) electrons. The maximum atomic E-state index is 11.4. The van der Waals surface area contributed by atoms with Crippen molar-refractivity contribution >= 4 is 17.5 Å². The number of hydrogen-bond acceptors (Lipinski definition) is 2. The molecule has 1 aliphatic heterocycles. The van der Waals surface area contributed by atoms with Gasteiger partial charge in [0, 0.05) is 23.2 Å². The second-order valence-electron chi connectivity index (χ2n) is 3.89. The van der Waals surface area contributed by atoms with E-state index in [0.29, 0.717) is 5.78 Å². The largest absolute Gasteiger partial charge is 0.294 e. The van der Waals surface area contributed by atoms with Crippen molar-refractivity contribution in [1.82, 2.24) is 0 Å². The Balaban J connectivity index is 2.43. The first-order chi connectivity index (χ1) is 5.11. The highest BCUT2D eigenvalue weighted by molar-refractivity contribution is 8.03. The molecule has 1 aliphatic carbocycles. The number of carbonyl (C=O) groups is 1. The van der Waals surface area contributed by atoms with Crippen molar-refractivity contribution in [2.45, 2.75) is 26.7 Å². The second-order valence-corrected chi connectivity index (χ2v) is 5.00. The van der Waals surface area contributed by atoms with Crippen LogP contribution in [-0.4, -0.2) is 11.5 Å². The Labute approximate surface area is 71.2 Å². The first-order valence-electron chi connectivity index (χ1n) is 4.01. The van der Waals surface area contributed by atoms with Crippen molar-refractivity contribution in [3.8, 4) is 0 Å². The molecule has 0 unspecified atom stereocenters. The quantitative estimate of drug-likeness (QED) is 0.552. The van der Waals surface area contributed by atoms with Crippen LogP contribution in [-0.2, 0) is 4.79 Å². The summed E-state index contributed by atoms with van der Waals surface area (Å²) >= 11 is 1.88. The van der Waals surface area contributed by atoms with Crippen LogP contribution in [0.2, 0.25) is 0 Å². The first kappa shape index (κ1) is 7.41. The van der Waals surface area contributed by atoms with Crippen LogP contribution >= 0.6 is 11.8 Å². The van der Waals surface area contributed by atoms with Crippen molar-refractivity contribution in [1.29, 1.82) is 0 Å². The van der Waals surface area contributed by atoms with Gasteiger partial charge in [-0.1, -0.05) is 13.8 Å². The average Bonchev–Trinajstić information content (AvgIpc) is 2.37. The average molecular weight is 168 g/mol. The van der Waals surface area contributed by atoms with Gasteiger partial charge in [-0.15, -0.1) is 11.8 Å². The molecule has 11 heavy (non-hydrogen) atoms. The van der Waals surface area contributed by atoms with Crippen LogP contribution in [0.15, 0.2) is 10.5 Å². The Kier molecular flexibility index (Phi) is 1.43. The number of ketones is 1. The third kappa shape index (κ3) is 0.959. The Bertz CT molecular complexity index is 250. The zero-order chi connectivity index (χ0) is 8.06. The molecule has 1 nitrogen and oxygen atoms in total. The van der Waals surface area contributed by atoms with Crippen LogP contribution in [0.4, 0.5) is 0 Å². The van der Waals surface area contributed by atoms with Crippen LogP contribution in [0, 0.1) is 5.41 Å². The van der Waals surface area contributed by atoms with Gasteiger partial charge in [-0.2, -0.15) is 0 Å². The Morgan fingerprint density at radius 2 is 2.18 bits per heavy atom. The molecule has 2 aliphatic rings. The fourth-order valence-electron chi connectivity index (χ4n) is 1.91. The van der Waals surface area contributed by atoms with Crippen LogP contribution < -0.4 is 0 Å². The lowest BCUT2D eigenvalue weighted by atomic mass is 9.93. The van der Waals surface area contributed by atoms with Crippen LogP contribution in [0.3, 0.4) is 0 Å². The monoisotopic (exact) mass is 168 g/mol. The van der Waals surface area contributed by atoms with Gasteiger partial charge in [-0.25, -0.2) is 0 Å². The van der Waals surface area contributed by atoms with Crippen molar-refractivity contribution < 1.29 is 4.79 Å². The van der Waals surface area contributed by atoms with Crippen molar-refractivity contribution in [3.63, 3.8) is 0 Å². The van der Waals surface area contributed by atoms with Crippen LogP contribution in [0.5, 0.6) is 0 Å². The number of allylic oxidation sites excluding steroid dienone is 2. The molecule has 1 heterocycles. The standard InChI is InChI=1S/C9H12OS/c1-9(2)5-7(10)6-3-4-11-8(6)9/h3-5H2,1-2H3. The van der Waals surface area contributed by atoms with Gasteiger partial charge in [0.15, 0.2) is 5.78 Å². The molecule has 0 aromatic carbocycles. The molecular weight excluding hydrogens is 156 g/mol. The smallest absolute Gasteiger partial charge is 0.160 e. The van der Waals surface area contributed by atoms with Gasteiger partial charge in [0.1, 0.15) is 0 Å². The highest BCUT2D eigenvalue weighted by Gasteiger charge is 2.40. The fraction of sp³-hybridized carbons (Fsp3) is 0.667. The van der Waals surface area contributed by atoms with Gasteiger partial charge < -0.3 is 0 Å². The molecule has 2 heteroatoms. The maximum absolute atomic E-state index is 11.4. The van der Waals surface area contributed by atoms with E-state index in [1.165, 1.54) is 4.91 Å². The minimum absolute atomic E-state index is 0.160. The SMILES string of the molecule is CC1(C)CC(=O)C2=C1SCC2. The highest BCUT2D eigenvalue weighted by Crippen LogP contribution is 2.51. The maximum Gasteiger partial charge on any atom is 0.160 e. The Morgan fingerprint density at radius 1 is 1.45 bits per heavy atom. The van der Waals surface area contributed by atoms with E-state index < -0.39 is 0 Å². The van der Waals surface area contributed by atoms with Crippen molar-refractivity contribution in [3.05, 3.63) is 10.5 Å². The number of carbonyl (C=O) groups excluding carboxylic acids is 1. The van der Waals surface area contributed by atoms with E-state index in [0.717, 1.165) is 24.2 Å². The highest BCUT2D eigenvalue weighted by atomic mass is 32.2.